The molecule has 4 heteroatoms. The van der Waals surface area contributed by atoms with Gasteiger partial charge >= 0.3 is 0 Å². The standard InChI is InChI=1S/C27H44O4/c1-15-7-10-27(30-14-15)16(2)24-23(31-27)12-20-18-6-5-17-11-21(28)22(29)13-26(17,4)19(18)8-9-25(20,24)3/h15-24,28-29H,5-14H2,1-4H3/t15-,16+,17+,18-,19+,20+,21-,22-,23+,24+,25+,26+,27+/m1/s1. The Labute approximate surface area is 188 Å². The maximum absolute atomic E-state index is 10.6. The highest BCUT2D eigenvalue weighted by Crippen LogP contribution is 2.71. The molecule has 176 valence electrons. The molecule has 31 heavy (non-hydrogen) atoms. The predicted molar refractivity (Wildman–Crippen MR) is 119 cm³/mol. The van der Waals surface area contributed by atoms with Crippen molar-refractivity contribution in [2.24, 2.45) is 52.3 Å². The van der Waals surface area contributed by atoms with Crippen molar-refractivity contribution >= 4 is 0 Å². The van der Waals surface area contributed by atoms with E-state index in [1.54, 1.807) is 0 Å². The molecule has 0 bridgehead atoms. The van der Waals surface area contributed by atoms with Crippen molar-refractivity contribution in [2.75, 3.05) is 6.61 Å². The van der Waals surface area contributed by atoms with Crippen LogP contribution in [0.2, 0.25) is 0 Å². The first kappa shape index (κ1) is 21.4. The van der Waals surface area contributed by atoms with E-state index in [4.69, 9.17) is 9.47 Å². The third-order valence-corrected chi connectivity index (χ3v) is 12.0. The van der Waals surface area contributed by atoms with Crippen LogP contribution in [0.3, 0.4) is 0 Å². The van der Waals surface area contributed by atoms with Crippen LogP contribution < -0.4 is 0 Å². The molecule has 2 aliphatic heterocycles. The van der Waals surface area contributed by atoms with Gasteiger partial charge in [0, 0.05) is 12.3 Å². The fourth-order valence-electron chi connectivity index (χ4n) is 10.3. The number of fused-ring (bicyclic) bond motifs is 7. The van der Waals surface area contributed by atoms with Crippen LogP contribution >= 0.6 is 0 Å². The summed E-state index contributed by atoms with van der Waals surface area (Å²) in [6.45, 7) is 10.6. The summed E-state index contributed by atoms with van der Waals surface area (Å²) in [6.07, 6.45) is 9.51. The van der Waals surface area contributed by atoms with Gasteiger partial charge in [-0.25, -0.2) is 0 Å². The Balaban J connectivity index is 1.26. The topological polar surface area (TPSA) is 58.9 Å². The molecule has 4 aliphatic carbocycles. The van der Waals surface area contributed by atoms with Gasteiger partial charge in [-0.2, -0.15) is 0 Å². The van der Waals surface area contributed by atoms with Gasteiger partial charge in [-0.1, -0.05) is 27.7 Å². The second-order valence-corrected chi connectivity index (χ2v) is 13.2. The molecule has 1 spiro atoms. The van der Waals surface area contributed by atoms with Gasteiger partial charge in [-0.3, -0.25) is 0 Å². The van der Waals surface area contributed by atoms with Gasteiger partial charge in [-0.15, -0.1) is 0 Å². The molecule has 0 radical (unpaired) electrons. The van der Waals surface area contributed by atoms with Gasteiger partial charge in [0.05, 0.1) is 24.9 Å². The smallest absolute Gasteiger partial charge is 0.171 e. The minimum Gasteiger partial charge on any atom is -0.390 e. The largest absolute Gasteiger partial charge is 0.390 e. The molecule has 2 heterocycles. The van der Waals surface area contributed by atoms with E-state index >= 15 is 0 Å². The van der Waals surface area contributed by atoms with Crippen LogP contribution in [0.5, 0.6) is 0 Å². The van der Waals surface area contributed by atoms with Crippen LogP contribution in [0.25, 0.3) is 0 Å². The van der Waals surface area contributed by atoms with Crippen molar-refractivity contribution in [1.29, 1.82) is 0 Å². The summed E-state index contributed by atoms with van der Waals surface area (Å²) < 4.78 is 13.3. The molecule has 0 amide bonds. The number of rotatable bonds is 0. The SMILES string of the molecule is C[C@@H]1CC[C@]2(OC1)O[C@H]1C[C@H]3[C@@H]4CC[C@H]5C[C@@H](O)[C@H](O)C[C@]5(C)[C@H]4CC[C@]3(C)[C@H]1[C@@H]2C. The van der Waals surface area contributed by atoms with Crippen molar-refractivity contribution in [3.8, 4) is 0 Å². The lowest BCUT2D eigenvalue weighted by atomic mass is 9.44. The second-order valence-electron chi connectivity index (χ2n) is 13.2. The van der Waals surface area contributed by atoms with Crippen molar-refractivity contribution in [3.05, 3.63) is 0 Å². The molecule has 0 aromatic heterocycles. The Morgan fingerprint density at radius 3 is 2.39 bits per heavy atom. The molecular weight excluding hydrogens is 388 g/mol. The Kier molecular flexibility index (Phi) is 4.78. The van der Waals surface area contributed by atoms with E-state index in [-0.39, 0.29) is 11.2 Å². The van der Waals surface area contributed by atoms with Crippen molar-refractivity contribution < 1.29 is 19.7 Å². The molecule has 2 saturated heterocycles. The van der Waals surface area contributed by atoms with E-state index in [9.17, 15) is 10.2 Å². The van der Waals surface area contributed by atoms with Crippen LogP contribution in [0, 0.1) is 52.3 Å². The molecule has 6 fully saturated rings. The molecule has 4 nitrogen and oxygen atoms in total. The Hall–Kier alpha value is -0.160. The fraction of sp³-hybridized carbons (Fsp3) is 1.00. The summed E-state index contributed by atoms with van der Waals surface area (Å²) in [5, 5.41) is 20.9. The molecule has 0 aromatic rings. The van der Waals surface area contributed by atoms with E-state index in [2.05, 4.69) is 27.7 Å². The maximum atomic E-state index is 10.6. The Morgan fingerprint density at radius 1 is 0.839 bits per heavy atom. The summed E-state index contributed by atoms with van der Waals surface area (Å²) in [4.78, 5) is 0. The van der Waals surface area contributed by atoms with Gasteiger partial charge in [-0.05, 0) is 97.7 Å². The van der Waals surface area contributed by atoms with Gasteiger partial charge in [0.1, 0.15) is 0 Å². The highest BCUT2D eigenvalue weighted by atomic mass is 16.7. The highest BCUT2D eigenvalue weighted by Gasteiger charge is 2.69. The number of hydrogen-bond donors (Lipinski definition) is 2. The van der Waals surface area contributed by atoms with Crippen molar-refractivity contribution in [2.45, 2.75) is 110 Å². The zero-order chi connectivity index (χ0) is 21.8. The first-order valence-corrected chi connectivity index (χ1v) is 13.4. The summed E-state index contributed by atoms with van der Waals surface area (Å²) in [5.74, 6) is 4.21. The van der Waals surface area contributed by atoms with Crippen LogP contribution in [0.1, 0.15) is 85.5 Å². The van der Waals surface area contributed by atoms with Crippen LogP contribution in [-0.2, 0) is 9.47 Å². The predicted octanol–water partition coefficient (Wildman–Crippen LogP) is 4.76. The van der Waals surface area contributed by atoms with Gasteiger partial charge in [0.25, 0.3) is 0 Å². The van der Waals surface area contributed by atoms with E-state index in [0.717, 1.165) is 37.7 Å². The molecular formula is C27H44O4. The quantitative estimate of drug-likeness (QED) is 0.579. The summed E-state index contributed by atoms with van der Waals surface area (Å²) in [5.41, 5.74) is 0.550. The minimum absolute atomic E-state index is 0.191. The van der Waals surface area contributed by atoms with E-state index in [0.29, 0.717) is 41.1 Å². The van der Waals surface area contributed by atoms with Crippen molar-refractivity contribution in [3.63, 3.8) is 0 Å². The molecule has 0 aromatic carbocycles. The van der Waals surface area contributed by atoms with E-state index in [1.807, 2.05) is 0 Å². The van der Waals surface area contributed by atoms with E-state index < -0.39 is 12.2 Å². The van der Waals surface area contributed by atoms with Crippen LogP contribution in [-0.4, -0.2) is 40.9 Å². The lowest BCUT2D eigenvalue weighted by Gasteiger charge is -2.61. The van der Waals surface area contributed by atoms with Crippen LogP contribution in [0.15, 0.2) is 0 Å². The van der Waals surface area contributed by atoms with Gasteiger partial charge in [0.15, 0.2) is 5.79 Å². The Bertz CT molecular complexity index is 716. The lowest BCUT2D eigenvalue weighted by molar-refractivity contribution is -0.273. The normalized spacial score (nSPS) is 63.3. The summed E-state index contributed by atoms with van der Waals surface area (Å²) in [7, 11) is 0. The monoisotopic (exact) mass is 432 g/mol. The Morgan fingerprint density at radius 2 is 1.65 bits per heavy atom. The minimum atomic E-state index is -0.537. The van der Waals surface area contributed by atoms with Gasteiger partial charge < -0.3 is 19.7 Å². The first-order valence-electron chi connectivity index (χ1n) is 13.4. The third kappa shape index (κ3) is 2.80. The zero-order valence-corrected chi connectivity index (χ0v) is 20.1. The zero-order valence-electron chi connectivity index (χ0n) is 20.1. The number of aliphatic hydroxyl groups is 2. The molecule has 6 aliphatic rings. The lowest BCUT2D eigenvalue weighted by Crippen LogP contribution is -2.57. The van der Waals surface area contributed by atoms with Crippen molar-refractivity contribution in [1.82, 2.24) is 0 Å². The average molecular weight is 433 g/mol. The third-order valence-electron chi connectivity index (χ3n) is 12.0. The molecule has 2 N–H and O–H groups in total. The molecule has 4 saturated carbocycles. The van der Waals surface area contributed by atoms with Crippen LogP contribution in [0.4, 0.5) is 0 Å². The molecule has 6 rings (SSSR count). The van der Waals surface area contributed by atoms with Gasteiger partial charge in [0.2, 0.25) is 0 Å². The maximum Gasteiger partial charge on any atom is 0.171 e. The number of hydrogen-bond acceptors (Lipinski definition) is 4. The average Bonchev–Trinajstić information content (AvgIpc) is 3.16. The second kappa shape index (κ2) is 6.93. The first-order chi connectivity index (χ1) is 14.7. The fourth-order valence-corrected chi connectivity index (χ4v) is 10.3. The highest BCUT2D eigenvalue weighted by molar-refractivity contribution is 5.15. The number of ether oxygens (including phenoxy) is 2. The number of aliphatic hydroxyl groups excluding tert-OH is 2. The molecule has 13 atom stereocenters. The summed E-state index contributed by atoms with van der Waals surface area (Å²) >= 11 is 0. The summed E-state index contributed by atoms with van der Waals surface area (Å²) in [6, 6.07) is 0. The molecule has 0 unspecified atom stereocenters. The van der Waals surface area contributed by atoms with E-state index in [1.165, 1.54) is 38.5 Å².